The molecular weight excluding hydrogens is 454 g/mol. The number of anilines is 1. The molecule has 1 N–H and O–H groups in total. The van der Waals surface area contributed by atoms with Crippen LogP contribution in [0.5, 0.6) is 5.75 Å². The molecule has 9 nitrogen and oxygen atoms in total. The van der Waals surface area contributed by atoms with Gasteiger partial charge in [0.1, 0.15) is 11.0 Å². The number of nitrogens with one attached hydrogen (secondary N) is 1. The lowest BCUT2D eigenvalue weighted by Gasteiger charge is -2.30. The highest BCUT2D eigenvalue weighted by molar-refractivity contribution is 8.00. The number of non-ortho nitro benzene ring substituents is 1. The fourth-order valence-corrected chi connectivity index (χ4v) is 6.76. The number of aromatic nitrogens is 1. The Balaban J connectivity index is 1.63. The number of methoxy groups -OCH3 is 1. The number of aromatic amines is 1. The van der Waals surface area contributed by atoms with Crippen LogP contribution in [0.4, 0.5) is 11.4 Å². The monoisotopic (exact) mass is 469 g/mol. The third kappa shape index (κ3) is 3.04. The van der Waals surface area contributed by atoms with Crippen molar-refractivity contribution in [2.75, 3.05) is 12.0 Å². The number of thiazole rings is 1. The Morgan fingerprint density at radius 1 is 1.06 bits per heavy atom. The summed E-state index contributed by atoms with van der Waals surface area (Å²) in [6.07, 6.45) is 0. The van der Waals surface area contributed by atoms with Gasteiger partial charge in [-0.2, -0.15) is 0 Å². The van der Waals surface area contributed by atoms with Gasteiger partial charge >= 0.3 is 4.87 Å². The lowest BCUT2D eigenvalue weighted by molar-refractivity contribution is -0.384. The van der Waals surface area contributed by atoms with Gasteiger partial charge < -0.3 is 9.72 Å². The molecule has 1 fully saturated rings. The van der Waals surface area contributed by atoms with Crippen molar-refractivity contribution in [2.24, 2.45) is 5.92 Å². The largest absolute Gasteiger partial charge is 0.496 e. The van der Waals surface area contributed by atoms with Crippen LogP contribution < -0.4 is 14.5 Å². The number of imide groups is 1. The smallest absolute Gasteiger partial charge is 0.305 e. The molecule has 2 aromatic carbocycles. The van der Waals surface area contributed by atoms with Crippen LogP contribution in [0.1, 0.15) is 16.4 Å². The zero-order valence-corrected chi connectivity index (χ0v) is 18.1. The minimum Gasteiger partial charge on any atom is -0.496 e. The van der Waals surface area contributed by atoms with E-state index in [9.17, 15) is 24.5 Å². The molecule has 3 aromatic rings. The quantitative estimate of drug-likeness (QED) is 0.354. The van der Waals surface area contributed by atoms with E-state index in [1.54, 1.807) is 6.07 Å². The molecule has 0 spiro atoms. The summed E-state index contributed by atoms with van der Waals surface area (Å²) in [6.45, 7) is 0. The first-order valence-electron chi connectivity index (χ1n) is 9.55. The van der Waals surface area contributed by atoms with Crippen LogP contribution in [0.2, 0.25) is 0 Å². The van der Waals surface area contributed by atoms with Crippen molar-refractivity contribution in [1.82, 2.24) is 4.98 Å². The third-order valence-electron chi connectivity index (χ3n) is 5.62. The molecule has 0 bridgehead atoms. The van der Waals surface area contributed by atoms with E-state index in [4.69, 9.17) is 4.74 Å². The Bertz CT molecular complexity index is 1320. The maximum absolute atomic E-state index is 13.6. The minimum atomic E-state index is -0.752. The van der Waals surface area contributed by atoms with Crippen LogP contribution in [-0.2, 0) is 9.59 Å². The van der Waals surface area contributed by atoms with Crippen molar-refractivity contribution in [1.29, 1.82) is 0 Å². The van der Waals surface area contributed by atoms with Crippen LogP contribution in [0.15, 0.2) is 58.4 Å². The summed E-state index contributed by atoms with van der Waals surface area (Å²) < 4.78 is 5.51. The van der Waals surface area contributed by atoms with E-state index >= 15 is 0 Å². The maximum Gasteiger partial charge on any atom is 0.305 e. The second kappa shape index (κ2) is 7.61. The summed E-state index contributed by atoms with van der Waals surface area (Å²) in [6, 6.07) is 12.5. The molecule has 3 heterocycles. The second-order valence-electron chi connectivity index (χ2n) is 7.28. The Morgan fingerprint density at radius 3 is 2.47 bits per heavy atom. The molecule has 2 aliphatic heterocycles. The zero-order valence-electron chi connectivity index (χ0n) is 16.5. The summed E-state index contributed by atoms with van der Waals surface area (Å²) in [5.41, 5.74) is 0.857. The molecule has 2 amide bonds. The summed E-state index contributed by atoms with van der Waals surface area (Å²) in [7, 11) is 1.53. The number of nitro benzene ring substituents is 1. The molecule has 3 atom stereocenters. The third-order valence-corrected chi connectivity index (χ3v) is 8.02. The predicted octanol–water partition coefficient (Wildman–Crippen LogP) is 3.15. The first kappa shape index (κ1) is 20.5. The van der Waals surface area contributed by atoms with E-state index in [-0.39, 0.29) is 16.2 Å². The summed E-state index contributed by atoms with van der Waals surface area (Å²) in [5, 5.41) is 10.8. The van der Waals surface area contributed by atoms with Crippen molar-refractivity contribution in [3.63, 3.8) is 0 Å². The van der Waals surface area contributed by atoms with Gasteiger partial charge in [0, 0.05) is 28.5 Å². The van der Waals surface area contributed by atoms with Crippen LogP contribution in [-0.4, -0.2) is 34.1 Å². The number of benzene rings is 2. The lowest BCUT2D eigenvalue weighted by atomic mass is 9.82. The van der Waals surface area contributed by atoms with Crippen LogP contribution in [0.3, 0.4) is 0 Å². The summed E-state index contributed by atoms with van der Waals surface area (Å²) >= 11 is 2.19. The Labute approximate surface area is 189 Å². The first-order chi connectivity index (χ1) is 15.4. The Morgan fingerprint density at radius 2 is 1.78 bits per heavy atom. The predicted molar refractivity (Wildman–Crippen MR) is 119 cm³/mol. The Kier molecular flexibility index (Phi) is 4.86. The molecule has 11 heteroatoms. The van der Waals surface area contributed by atoms with Gasteiger partial charge in [-0.15, -0.1) is 0 Å². The molecule has 2 aliphatic rings. The average molecular weight is 470 g/mol. The highest BCUT2D eigenvalue weighted by atomic mass is 32.2. The number of amides is 2. The summed E-state index contributed by atoms with van der Waals surface area (Å²) in [4.78, 5) is 53.8. The van der Waals surface area contributed by atoms with Crippen molar-refractivity contribution < 1.29 is 19.2 Å². The molecule has 1 saturated heterocycles. The number of hydrogen-bond donors (Lipinski definition) is 1. The SMILES string of the molecule is COc1ccccc1C1c2sc(=O)[nH]c2SC2C(=O)N(c3ccc([N+](=O)[O-])cc3)C(=O)C21. The van der Waals surface area contributed by atoms with E-state index in [2.05, 4.69) is 4.98 Å². The van der Waals surface area contributed by atoms with Gasteiger partial charge in [-0.25, -0.2) is 4.90 Å². The van der Waals surface area contributed by atoms with Gasteiger partial charge in [-0.1, -0.05) is 41.3 Å². The zero-order chi connectivity index (χ0) is 22.6. The molecule has 0 saturated carbocycles. The van der Waals surface area contributed by atoms with E-state index in [0.29, 0.717) is 21.2 Å². The number of rotatable bonds is 4. The number of nitro groups is 1. The van der Waals surface area contributed by atoms with Crippen molar-refractivity contribution in [2.45, 2.75) is 16.2 Å². The first-order valence-corrected chi connectivity index (χ1v) is 11.2. The van der Waals surface area contributed by atoms with E-state index in [1.807, 2.05) is 18.2 Å². The minimum absolute atomic E-state index is 0.133. The molecule has 5 rings (SSSR count). The van der Waals surface area contributed by atoms with Crippen LogP contribution in [0.25, 0.3) is 0 Å². The Hall–Kier alpha value is -3.44. The highest BCUT2D eigenvalue weighted by Crippen LogP contribution is 2.54. The number of thioether (sulfide) groups is 1. The number of carbonyl (C=O) groups is 2. The van der Waals surface area contributed by atoms with Gasteiger partial charge in [0.05, 0.1) is 28.7 Å². The highest BCUT2D eigenvalue weighted by Gasteiger charge is 2.56. The number of fused-ring (bicyclic) bond motifs is 2. The van der Waals surface area contributed by atoms with Crippen LogP contribution in [0, 0.1) is 16.0 Å². The number of H-pyrrole nitrogens is 1. The fourth-order valence-electron chi connectivity index (χ4n) is 4.25. The van der Waals surface area contributed by atoms with Crippen molar-refractivity contribution in [3.8, 4) is 5.75 Å². The standard InChI is InChI=1S/C21H15N3O6S2/c1-30-13-5-3-2-4-12(13)14-15-17(31-18-16(14)32-21(27)22-18)20(26)23(19(15)25)10-6-8-11(9-7-10)24(28)29/h2-9,14-15,17H,1H3,(H,22,27). The molecule has 0 radical (unpaired) electrons. The molecule has 32 heavy (non-hydrogen) atoms. The topological polar surface area (TPSA) is 123 Å². The average Bonchev–Trinajstić information content (AvgIpc) is 3.28. The number of para-hydroxylation sites is 1. The fraction of sp³-hybridized carbons (Fsp3) is 0.190. The molecule has 1 aromatic heterocycles. The molecular formula is C21H15N3O6S2. The molecule has 0 aliphatic carbocycles. The van der Waals surface area contributed by atoms with E-state index in [0.717, 1.165) is 16.2 Å². The van der Waals surface area contributed by atoms with Gasteiger partial charge in [-0.3, -0.25) is 24.5 Å². The van der Waals surface area contributed by atoms with Gasteiger partial charge in [-0.05, 0) is 18.2 Å². The van der Waals surface area contributed by atoms with E-state index in [1.165, 1.54) is 43.1 Å². The molecule has 162 valence electrons. The maximum atomic E-state index is 13.6. The van der Waals surface area contributed by atoms with Crippen molar-refractivity contribution in [3.05, 3.63) is 78.8 Å². The normalized spacial score (nSPS) is 21.9. The van der Waals surface area contributed by atoms with Gasteiger partial charge in [0.2, 0.25) is 11.8 Å². The van der Waals surface area contributed by atoms with E-state index < -0.39 is 33.8 Å². The lowest BCUT2D eigenvalue weighted by Crippen LogP contribution is -2.32. The number of hydrogen-bond acceptors (Lipinski definition) is 8. The van der Waals surface area contributed by atoms with Crippen LogP contribution >= 0.6 is 23.1 Å². The van der Waals surface area contributed by atoms with Gasteiger partial charge in [0.25, 0.3) is 5.69 Å². The number of ether oxygens (including phenoxy) is 1. The summed E-state index contributed by atoms with van der Waals surface area (Å²) in [5.74, 6) is -1.57. The number of carbonyl (C=O) groups excluding carboxylic acids is 2. The van der Waals surface area contributed by atoms with Gasteiger partial charge in [0.15, 0.2) is 0 Å². The second-order valence-corrected chi connectivity index (χ2v) is 9.44. The van der Waals surface area contributed by atoms with Crippen molar-refractivity contribution >= 4 is 46.3 Å². The number of nitrogens with zero attached hydrogens (tertiary/aromatic N) is 2. The molecule has 3 unspecified atom stereocenters.